The molecule has 2 fully saturated rings. The van der Waals surface area contributed by atoms with Crippen LogP contribution in [0.5, 0.6) is 0 Å². The van der Waals surface area contributed by atoms with Crippen molar-refractivity contribution < 1.29 is 4.79 Å². The summed E-state index contributed by atoms with van der Waals surface area (Å²) in [5.41, 5.74) is 5.40. The number of hydrogen-bond donors (Lipinski definition) is 1. The average Bonchev–Trinajstić information content (AvgIpc) is 3.29. The molecule has 6 rings (SSSR count). The SMILES string of the molecule is Cc1ccc(Nc2nc3c(s2)C2=CC[C@@H]4[C@H](CC[C@]5(C)C(=O)CC[C@@H]45)[C@@]2(C)CC3)cc1. The molecule has 0 unspecified atom stereocenters. The Morgan fingerprint density at radius 2 is 1.81 bits per heavy atom. The third-order valence-corrected chi connectivity index (χ3v) is 10.3. The van der Waals surface area contributed by atoms with Gasteiger partial charge in [0.1, 0.15) is 5.78 Å². The van der Waals surface area contributed by atoms with Crippen molar-refractivity contribution in [3.8, 4) is 0 Å². The van der Waals surface area contributed by atoms with Crippen LogP contribution in [0.4, 0.5) is 10.8 Å². The molecule has 4 heteroatoms. The van der Waals surface area contributed by atoms with Crippen LogP contribution in [0.2, 0.25) is 0 Å². The van der Waals surface area contributed by atoms with E-state index in [1.165, 1.54) is 29.0 Å². The fourth-order valence-electron chi connectivity index (χ4n) is 7.46. The first kappa shape index (κ1) is 19.7. The third-order valence-electron chi connectivity index (χ3n) is 9.30. The van der Waals surface area contributed by atoms with Gasteiger partial charge in [0.05, 0.1) is 10.6 Å². The number of anilines is 2. The smallest absolute Gasteiger partial charge is 0.187 e. The lowest BCUT2D eigenvalue weighted by atomic mass is 9.48. The maximum atomic E-state index is 12.7. The predicted molar refractivity (Wildman–Crippen MR) is 128 cm³/mol. The summed E-state index contributed by atoms with van der Waals surface area (Å²) < 4.78 is 0. The summed E-state index contributed by atoms with van der Waals surface area (Å²) in [6, 6.07) is 8.54. The van der Waals surface area contributed by atoms with Gasteiger partial charge in [-0.05, 0) is 86.3 Å². The minimum atomic E-state index is -0.0433. The number of fused-ring (bicyclic) bond motifs is 7. The summed E-state index contributed by atoms with van der Waals surface area (Å²) in [7, 11) is 0. The van der Waals surface area contributed by atoms with E-state index < -0.39 is 0 Å². The standard InChI is InChI=1S/C27H32N2OS/c1-16-4-6-17(7-5-16)28-25-29-22-13-15-26(2)20-12-14-27(3)19(10-11-23(27)30)18(20)8-9-21(26)24(22)31-25/h4-7,9,18-20H,8,10-15H2,1-3H3,(H,28,29)/t18-,19-,20-,26+,27-/m0/s1. The van der Waals surface area contributed by atoms with Crippen LogP contribution in [0.25, 0.3) is 5.57 Å². The van der Waals surface area contributed by atoms with Gasteiger partial charge in [-0.2, -0.15) is 0 Å². The van der Waals surface area contributed by atoms with Crippen LogP contribution in [0.1, 0.15) is 68.5 Å². The Morgan fingerprint density at radius 3 is 2.61 bits per heavy atom. The van der Waals surface area contributed by atoms with Crippen molar-refractivity contribution >= 4 is 33.5 Å². The zero-order chi connectivity index (χ0) is 21.4. The molecular formula is C27H32N2OS. The molecule has 1 N–H and O–H groups in total. The van der Waals surface area contributed by atoms with Crippen molar-refractivity contribution in [2.24, 2.45) is 28.6 Å². The van der Waals surface area contributed by atoms with Crippen molar-refractivity contribution in [1.82, 2.24) is 4.98 Å². The Morgan fingerprint density at radius 1 is 1.03 bits per heavy atom. The molecule has 31 heavy (non-hydrogen) atoms. The van der Waals surface area contributed by atoms with E-state index in [2.05, 4.69) is 56.4 Å². The van der Waals surface area contributed by atoms with E-state index in [0.29, 0.717) is 23.5 Å². The van der Waals surface area contributed by atoms with Crippen LogP contribution < -0.4 is 5.32 Å². The molecule has 1 aromatic heterocycles. The van der Waals surface area contributed by atoms with E-state index in [0.717, 1.165) is 42.9 Å². The van der Waals surface area contributed by atoms with Gasteiger partial charge in [-0.1, -0.05) is 49.0 Å². The molecule has 5 atom stereocenters. The lowest BCUT2D eigenvalue weighted by Gasteiger charge is -2.55. The van der Waals surface area contributed by atoms with Crippen LogP contribution >= 0.6 is 11.3 Å². The van der Waals surface area contributed by atoms with Crippen molar-refractivity contribution in [1.29, 1.82) is 0 Å². The number of nitrogens with zero attached hydrogens (tertiary/aromatic N) is 1. The maximum absolute atomic E-state index is 12.7. The zero-order valence-electron chi connectivity index (χ0n) is 18.8. The molecule has 4 aliphatic rings. The summed E-state index contributed by atoms with van der Waals surface area (Å²) in [6.45, 7) is 6.91. The molecule has 0 radical (unpaired) electrons. The van der Waals surface area contributed by atoms with Crippen LogP contribution in [-0.4, -0.2) is 10.8 Å². The van der Waals surface area contributed by atoms with Crippen LogP contribution in [-0.2, 0) is 11.2 Å². The highest BCUT2D eigenvalue weighted by molar-refractivity contribution is 7.16. The van der Waals surface area contributed by atoms with Crippen LogP contribution in [0, 0.1) is 35.5 Å². The minimum Gasteiger partial charge on any atom is -0.332 e. The first-order valence-corrected chi connectivity index (χ1v) is 12.8. The van der Waals surface area contributed by atoms with Crippen molar-refractivity contribution in [2.75, 3.05) is 5.32 Å². The van der Waals surface area contributed by atoms with Crippen molar-refractivity contribution in [3.63, 3.8) is 0 Å². The molecular weight excluding hydrogens is 400 g/mol. The maximum Gasteiger partial charge on any atom is 0.187 e. The number of rotatable bonds is 2. The fourth-order valence-corrected chi connectivity index (χ4v) is 8.67. The predicted octanol–water partition coefficient (Wildman–Crippen LogP) is 6.95. The van der Waals surface area contributed by atoms with Gasteiger partial charge in [-0.3, -0.25) is 4.79 Å². The number of aromatic nitrogens is 1. The normalized spacial score (nSPS) is 36.2. The zero-order valence-corrected chi connectivity index (χ0v) is 19.6. The second-order valence-corrected chi connectivity index (χ2v) is 11.9. The van der Waals surface area contributed by atoms with E-state index in [4.69, 9.17) is 4.98 Å². The summed E-state index contributed by atoms with van der Waals surface area (Å²) in [6.07, 6.45) is 10.2. The van der Waals surface area contributed by atoms with Gasteiger partial charge in [0.25, 0.3) is 0 Å². The number of allylic oxidation sites excluding steroid dienone is 2. The Balaban J connectivity index is 1.33. The average molecular weight is 433 g/mol. The molecule has 4 aliphatic carbocycles. The Bertz CT molecular complexity index is 1080. The number of hydrogen-bond acceptors (Lipinski definition) is 4. The first-order valence-electron chi connectivity index (χ1n) is 12.0. The molecule has 0 bridgehead atoms. The number of thiazole rings is 1. The molecule has 3 nitrogen and oxygen atoms in total. The highest BCUT2D eigenvalue weighted by atomic mass is 32.1. The number of ketones is 1. The van der Waals surface area contributed by atoms with E-state index >= 15 is 0 Å². The van der Waals surface area contributed by atoms with E-state index in [1.54, 1.807) is 5.57 Å². The van der Waals surface area contributed by atoms with E-state index in [-0.39, 0.29) is 10.8 Å². The summed E-state index contributed by atoms with van der Waals surface area (Å²) in [5.74, 6) is 2.52. The second kappa shape index (κ2) is 6.78. The summed E-state index contributed by atoms with van der Waals surface area (Å²) in [4.78, 5) is 19.1. The quantitative estimate of drug-likeness (QED) is 0.558. The van der Waals surface area contributed by atoms with E-state index in [1.807, 2.05) is 11.3 Å². The number of carbonyl (C=O) groups is 1. The first-order chi connectivity index (χ1) is 14.9. The molecule has 162 valence electrons. The van der Waals surface area contributed by atoms with E-state index in [9.17, 15) is 4.79 Å². The minimum absolute atomic E-state index is 0.0433. The highest BCUT2D eigenvalue weighted by Crippen LogP contribution is 2.65. The van der Waals surface area contributed by atoms with Gasteiger partial charge in [0.15, 0.2) is 5.13 Å². The lowest BCUT2D eigenvalue weighted by molar-refractivity contribution is -0.131. The number of aryl methyl sites for hydroxylation is 2. The molecule has 1 aromatic carbocycles. The van der Waals surface area contributed by atoms with Crippen LogP contribution in [0.15, 0.2) is 30.3 Å². The third kappa shape index (κ3) is 2.83. The van der Waals surface area contributed by atoms with Gasteiger partial charge < -0.3 is 5.32 Å². The largest absolute Gasteiger partial charge is 0.332 e. The molecule has 0 spiro atoms. The molecule has 2 aromatic rings. The van der Waals surface area contributed by atoms with Gasteiger partial charge in [0.2, 0.25) is 0 Å². The number of Topliss-reactive ketones (excluding diaryl/α,β-unsaturated/α-hetero) is 1. The van der Waals surface area contributed by atoms with Crippen molar-refractivity contribution in [2.45, 2.75) is 65.7 Å². The lowest BCUT2D eigenvalue weighted by Crippen LogP contribution is -2.49. The van der Waals surface area contributed by atoms with Gasteiger partial charge in [-0.25, -0.2) is 4.98 Å². The van der Waals surface area contributed by atoms with Crippen LogP contribution in [0.3, 0.4) is 0 Å². The molecule has 0 saturated heterocycles. The number of nitrogens with one attached hydrogen (secondary N) is 1. The van der Waals surface area contributed by atoms with Gasteiger partial charge in [0, 0.05) is 17.5 Å². The molecule has 2 saturated carbocycles. The Kier molecular flexibility index (Phi) is 4.31. The molecule has 0 amide bonds. The Hall–Kier alpha value is -1.94. The Labute approximate surface area is 189 Å². The highest BCUT2D eigenvalue weighted by Gasteiger charge is 2.58. The molecule has 0 aliphatic heterocycles. The summed E-state index contributed by atoms with van der Waals surface area (Å²) >= 11 is 1.83. The second-order valence-electron chi connectivity index (χ2n) is 10.9. The topological polar surface area (TPSA) is 42.0 Å². The summed E-state index contributed by atoms with van der Waals surface area (Å²) in [5, 5.41) is 4.55. The molecule has 1 heterocycles. The fraction of sp³-hybridized carbons (Fsp3) is 0.556. The van der Waals surface area contributed by atoms with Gasteiger partial charge >= 0.3 is 0 Å². The monoisotopic (exact) mass is 432 g/mol. The number of benzene rings is 1. The number of carbonyl (C=O) groups excluding carboxylic acids is 1. The van der Waals surface area contributed by atoms with Crippen molar-refractivity contribution in [3.05, 3.63) is 46.5 Å². The van der Waals surface area contributed by atoms with Gasteiger partial charge in [-0.15, -0.1) is 0 Å².